The third-order valence-electron chi connectivity index (χ3n) is 4.26. The first-order chi connectivity index (χ1) is 9.69. The minimum Gasteiger partial charge on any atom is -0.353 e. The van der Waals surface area contributed by atoms with Crippen molar-refractivity contribution in [2.24, 2.45) is 17.8 Å². The van der Waals surface area contributed by atoms with Gasteiger partial charge in [0.05, 0.1) is 11.7 Å². The monoisotopic (exact) mass is 318 g/mol. The minimum atomic E-state index is -3.20. The summed E-state index contributed by atoms with van der Waals surface area (Å²) >= 11 is 0. The minimum absolute atomic E-state index is 0.00148. The summed E-state index contributed by atoms with van der Waals surface area (Å²) in [5, 5.41) is 3.12. The zero-order valence-electron chi connectivity index (χ0n) is 13.9. The summed E-state index contributed by atoms with van der Waals surface area (Å²) in [4.78, 5) is 12.4. The number of piperidine rings is 1. The first-order valence-corrected chi connectivity index (χ1v) is 9.58. The summed E-state index contributed by atoms with van der Waals surface area (Å²) in [6, 6.07) is 0.135. The lowest BCUT2D eigenvalue weighted by Crippen LogP contribution is -2.50. The molecule has 1 unspecified atom stereocenters. The average Bonchev–Trinajstić information content (AvgIpc) is 2.43. The fourth-order valence-electron chi connectivity index (χ4n) is 2.98. The highest BCUT2D eigenvalue weighted by Crippen LogP contribution is 2.21. The number of hydrogen-bond donors (Lipinski definition) is 1. The van der Waals surface area contributed by atoms with Crippen molar-refractivity contribution in [2.45, 2.75) is 53.5 Å². The average molecular weight is 318 g/mol. The molecule has 6 heteroatoms. The summed E-state index contributed by atoms with van der Waals surface area (Å²) in [6.07, 6.45) is 1.52. The van der Waals surface area contributed by atoms with E-state index in [1.165, 1.54) is 4.31 Å². The van der Waals surface area contributed by atoms with Crippen molar-refractivity contribution in [3.63, 3.8) is 0 Å². The molecule has 0 aromatic rings. The molecule has 0 saturated carbocycles. The Bertz CT molecular complexity index is 438. The summed E-state index contributed by atoms with van der Waals surface area (Å²) < 4.78 is 25.4. The van der Waals surface area contributed by atoms with E-state index in [4.69, 9.17) is 0 Å². The number of nitrogens with zero attached hydrogens (tertiary/aromatic N) is 1. The Morgan fingerprint density at radius 1 is 1.24 bits per heavy atom. The molecule has 1 aliphatic rings. The van der Waals surface area contributed by atoms with Crippen LogP contribution >= 0.6 is 0 Å². The molecular weight excluding hydrogens is 288 g/mol. The van der Waals surface area contributed by atoms with Gasteiger partial charge in [0, 0.05) is 19.1 Å². The van der Waals surface area contributed by atoms with E-state index in [0.29, 0.717) is 24.9 Å². The standard InChI is InChI=1S/C15H30N2O3S/c1-6-21(19,20)17-9-7-8-13(10-17)15(18)16-14(11(2)3)12(4)5/h11-14H,6-10H2,1-5H3,(H,16,18). The fourth-order valence-corrected chi connectivity index (χ4v) is 4.16. The maximum absolute atomic E-state index is 12.4. The predicted octanol–water partition coefficient (Wildman–Crippen LogP) is 1.84. The maximum Gasteiger partial charge on any atom is 0.224 e. The topological polar surface area (TPSA) is 66.5 Å². The van der Waals surface area contributed by atoms with E-state index in [9.17, 15) is 13.2 Å². The normalized spacial score (nSPS) is 21.2. The van der Waals surface area contributed by atoms with Crippen LogP contribution in [0.2, 0.25) is 0 Å². The number of carbonyl (C=O) groups is 1. The van der Waals surface area contributed by atoms with E-state index in [-0.39, 0.29) is 23.6 Å². The molecule has 1 aliphatic heterocycles. The van der Waals surface area contributed by atoms with Crippen LogP contribution < -0.4 is 5.32 Å². The van der Waals surface area contributed by atoms with Crippen LogP contribution in [0.1, 0.15) is 47.5 Å². The van der Waals surface area contributed by atoms with E-state index >= 15 is 0 Å². The molecule has 1 amide bonds. The Labute approximate surface area is 129 Å². The Morgan fingerprint density at radius 3 is 2.29 bits per heavy atom. The Morgan fingerprint density at radius 2 is 1.81 bits per heavy atom. The van der Waals surface area contributed by atoms with Crippen molar-refractivity contribution in [2.75, 3.05) is 18.8 Å². The molecule has 1 rings (SSSR count). The third-order valence-corrected chi connectivity index (χ3v) is 6.11. The van der Waals surface area contributed by atoms with Crippen molar-refractivity contribution in [1.29, 1.82) is 0 Å². The molecule has 0 radical (unpaired) electrons. The van der Waals surface area contributed by atoms with Crippen molar-refractivity contribution in [1.82, 2.24) is 9.62 Å². The number of carbonyl (C=O) groups excluding carboxylic acids is 1. The van der Waals surface area contributed by atoms with Crippen molar-refractivity contribution < 1.29 is 13.2 Å². The maximum atomic E-state index is 12.4. The van der Waals surface area contributed by atoms with Crippen LogP contribution in [0.5, 0.6) is 0 Å². The van der Waals surface area contributed by atoms with E-state index in [2.05, 4.69) is 33.0 Å². The van der Waals surface area contributed by atoms with Crippen LogP contribution in [0.15, 0.2) is 0 Å². The van der Waals surface area contributed by atoms with E-state index in [1.54, 1.807) is 6.92 Å². The first-order valence-electron chi connectivity index (χ1n) is 7.97. The van der Waals surface area contributed by atoms with Crippen molar-refractivity contribution >= 4 is 15.9 Å². The van der Waals surface area contributed by atoms with Gasteiger partial charge in [0.25, 0.3) is 0 Å². The summed E-state index contributed by atoms with van der Waals surface area (Å²) in [5.41, 5.74) is 0. The Kier molecular flexibility index (Phi) is 6.66. The SMILES string of the molecule is CCS(=O)(=O)N1CCCC(C(=O)NC(C(C)C)C(C)C)C1. The number of rotatable bonds is 6. The van der Waals surface area contributed by atoms with Gasteiger partial charge >= 0.3 is 0 Å². The second-order valence-corrected chi connectivity index (χ2v) is 8.88. The number of hydrogen-bond acceptors (Lipinski definition) is 3. The lowest BCUT2D eigenvalue weighted by atomic mass is 9.91. The molecule has 5 nitrogen and oxygen atoms in total. The smallest absolute Gasteiger partial charge is 0.224 e. The molecule has 1 fully saturated rings. The Hall–Kier alpha value is -0.620. The molecule has 1 saturated heterocycles. The van der Waals surface area contributed by atoms with Gasteiger partial charge in [0.1, 0.15) is 0 Å². The fraction of sp³-hybridized carbons (Fsp3) is 0.933. The van der Waals surface area contributed by atoms with Gasteiger partial charge in [-0.2, -0.15) is 0 Å². The molecule has 0 bridgehead atoms. The highest BCUT2D eigenvalue weighted by molar-refractivity contribution is 7.89. The zero-order chi connectivity index (χ0) is 16.2. The van der Waals surface area contributed by atoms with Gasteiger partial charge in [-0.15, -0.1) is 0 Å². The van der Waals surface area contributed by atoms with Crippen LogP contribution in [0, 0.1) is 17.8 Å². The van der Waals surface area contributed by atoms with Crippen LogP contribution in [-0.2, 0) is 14.8 Å². The molecule has 1 N–H and O–H groups in total. The first kappa shape index (κ1) is 18.4. The second-order valence-electron chi connectivity index (χ2n) is 6.62. The van der Waals surface area contributed by atoms with Crippen LogP contribution in [0.3, 0.4) is 0 Å². The lowest BCUT2D eigenvalue weighted by molar-refractivity contribution is -0.127. The van der Waals surface area contributed by atoms with Crippen LogP contribution in [0.25, 0.3) is 0 Å². The number of nitrogens with one attached hydrogen (secondary N) is 1. The van der Waals surface area contributed by atoms with Gasteiger partial charge in [-0.05, 0) is 31.6 Å². The summed E-state index contributed by atoms with van der Waals surface area (Å²) in [7, 11) is -3.20. The zero-order valence-corrected chi connectivity index (χ0v) is 14.7. The van der Waals surface area contributed by atoms with Crippen LogP contribution in [-0.4, -0.2) is 43.5 Å². The molecular formula is C15H30N2O3S. The van der Waals surface area contributed by atoms with E-state index in [1.807, 2.05) is 0 Å². The lowest BCUT2D eigenvalue weighted by Gasteiger charge is -2.33. The van der Waals surface area contributed by atoms with Gasteiger partial charge in [-0.25, -0.2) is 12.7 Å². The molecule has 1 atom stereocenters. The van der Waals surface area contributed by atoms with Gasteiger partial charge in [0.2, 0.25) is 15.9 Å². The Balaban J connectivity index is 2.70. The van der Waals surface area contributed by atoms with Gasteiger partial charge in [0.15, 0.2) is 0 Å². The molecule has 124 valence electrons. The highest BCUT2D eigenvalue weighted by atomic mass is 32.2. The van der Waals surface area contributed by atoms with E-state index < -0.39 is 10.0 Å². The van der Waals surface area contributed by atoms with Crippen LogP contribution in [0.4, 0.5) is 0 Å². The number of amides is 1. The summed E-state index contributed by atoms with van der Waals surface area (Å²) in [5.74, 6) is 0.613. The molecule has 0 spiro atoms. The number of sulfonamides is 1. The molecule has 0 aromatic heterocycles. The van der Waals surface area contributed by atoms with Gasteiger partial charge in [-0.1, -0.05) is 27.7 Å². The quantitative estimate of drug-likeness (QED) is 0.812. The molecule has 1 heterocycles. The molecule has 21 heavy (non-hydrogen) atoms. The highest BCUT2D eigenvalue weighted by Gasteiger charge is 2.32. The largest absolute Gasteiger partial charge is 0.353 e. The molecule has 0 aromatic carbocycles. The van der Waals surface area contributed by atoms with E-state index in [0.717, 1.165) is 12.8 Å². The van der Waals surface area contributed by atoms with Gasteiger partial charge in [-0.3, -0.25) is 4.79 Å². The summed E-state index contributed by atoms with van der Waals surface area (Å²) in [6.45, 7) is 10.9. The second kappa shape index (κ2) is 7.58. The van der Waals surface area contributed by atoms with Gasteiger partial charge < -0.3 is 5.32 Å². The third kappa shape index (κ3) is 4.95. The predicted molar refractivity (Wildman–Crippen MR) is 85.4 cm³/mol. The molecule has 0 aliphatic carbocycles. The van der Waals surface area contributed by atoms with Crippen molar-refractivity contribution in [3.8, 4) is 0 Å². The van der Waals surface area contributed by atoms with Crippen molar-refractivity contribution in [3.05, 3.63) is 0 Å².